The van der Waals surface area contributed by atoms with E-state index in [-0.39, 0.29) is 18.1 Å². The fourth-order valence-electron chi connectivity index (χ4n) is 3.77. The number of carbonyl (C=O) groups is 1. The highest BCUT2D eigenvalue weighted by Crippen LogP contribution is 2.26. The number of hydrogen-bond acceptors (Lipinski definition) is 4. The number of rotatable bonds is 3. The van der Waals surface area contributed by atoms with Gasteiger partial charge in [0, 0.05) is 26.2 Å². The van der Waals surface area contributed by atoms with Crippen molar-refractivity contribution in [2.24, 2.45) is 0 Å². The van der Waals surface area contributed by atoms with Crippen molar-refractivity contribution >= 4 is 5.91 Å². The van der Waals surface area contributed by atoms with E-state index < -0.39 is 0 Å². The van der Waals surface area contributed by atoms with E-state index in [1.165, 1.54) is 5.56 Å². The van der Waals surface area contributed by atoms with Crippen LogP contribution in [-0.4, -0.2) is 54.1 Å². The predicted octanol–water partition coefficient (Wildman–Crippen LogP) is 2.62. The molecule has 2 atom stereocenters. The Labute approximate surface area is 148 Å². The number of hydrogen-bond donors (Lipinski definition) is 0. The zero-order valence-electron chi connectivity index (χ0n) is 14.8. The molecule has 3 heterocycles. The number of aryl methyl sites for hydroxylation is 2. The molecule has 2 aliphatic heterocycles. The number of likely N-dealkylation sites (tertiary alicyclic amines) is 1. The lowest BCUT2D eigenvalue weighted by atomic mass is 10.1. The van der Waals surface area contributed by atoms with Crippen molar-refractivity contribution in [1.82, 2.24) is 9.80 Å². The molecule has 2 fully saturated rings. The molecule has 4 rings (SSSR count). The van der Waals surface area contributed by atoms with Crippen LogP contribution in [0.2, 0.25) is 0 Å². The molecular weight excluding hydrogens is 316 g/mol. The summed E-state index contributed by atoms with van der Waals surface area (Å²) in [5.74, 6) is 1.21. The Morgan fingerprint density at radius 1 is 1.20 bits per heavy atom. The molecule has 0 bridgehead atoms. The summed E-state index contributed by atoms with van der Waals surface area (Å²) in [4.78, 5) is 17.1. The Hall–Kier alpha value is -2.11. The maximum atomic E-state index is 12.8. The molecule has 0 N–H and O–H groups in total. The number of fused-ring (bicyclic) bond motifs is 1. The molecule has 1 amide bonds. The summed E-state index contributed by atoms with van der Waals surface area (Å²) >= 11 is 0. The lowest BCUT2D eigenvalue weighted by Crippen LogP contribution is -2.50. The SMILES string of the molecule is Cc1cc(C(=O)N2C[C@@H]3[C@@H](C2)OCCN3Cc2ccccc2)oc1C. The van der Waals surface area contributed by atoms with Crippen LogP contribution >= 0.6 is 0 Å². The van der Waals surface area contributed by atoms with Crippen molar-refractivity contribution in [3.05, 3.63) is 59.0 Å². The van der Waals surface area contributed by atoms with Gasteiger partial charge in [-0.15, -0.1) is 0 Å². The first-order chi connectivity index (χ1) is 12.1. The van der Waals surface area contributed by atoms with Crippen molar-refractivity contribution in [3.8, 4) is 0 Å². The molecule has 0 unspecified atom stereocenters. The van der Waals surface area contributed by atoms with Gasteiger partial charge < -0.3 is 14.1 Å². The topological polar surface area (TPSA) is 45.9 Å². The lowest BCUT2D eigenvalue weighted by molar-refractivity contribution is -0.0503. The first kappa shape index (κ1) is 16.4. The Morgan fingerprint density at radius 3 is 2.72 bits per heavy atom. The zero-order chi connectivity index (χ0) is 17.4. The second-order valence-corrected chi connectivity index (χ2v) is 6.99. The molecule has 5 heteroatoms. The lowest BCUT2D eigenvalue weighted by Gasteiger charge is -2.36. The van der Waals surface area contributed by atoms with E-state index in [1.54, 1.807) is 0 Å². The van der Waals surface area contributed by atoms with Crippen molar-refractivity contribution in [2.75, 3.05) is 26.2 Å². The van der Waals surface area contributed by atoms with Crippen molar-refractivity contribution in [2.45, 2.75) is 32.5 Å². The minimum absolute atomic E-state index is 0.0335. The summed E-state index contributed by atoms with van der Waals surface area (Å²) in [6, 6.07) is 12.6. The summed E-state index contributed by atoms with van der Waals surface area (Å²) in [7, 11) is 0. The number of morpholine rings is 1. The van der Waals surface area contributed by atoms with Crippen LogP contribution in [0.3, 0.4) is 0 Å². The fourth-order valence-corrected chi connectivity index (χ4v) is 3.77. The normalized spacial score (nSPS) is 23.7. The highest BCUT2D eigenvalue weighted by atomic mass is 16.5. The summed E-state index contributed by atoms with van der Waals surface area (Å²) in [5, 5.41) is 0. The van der Waals surface area contributed by atoms with Crippen LogP contribution < -0.4 is 0 Å². The monoisotopic (exact) mass is 340 g/mol. The van der Waals surface area contributed by atoms with Gasteiger partial charge in [0.1, 0.15) is 5.76 Å². The average molecular weight is 340 g/mol. The summed E-state index contributed by atoms with van der Waals surface area (Å²) in [6.45, 7) is 7.69. The molecule has 1 aromatic carbocycles. The van der Waals surface area contributed by atoms with Gasteiger partial charge in [-0.05, 0) is 31.0 Å². The maximum Gasteiger partial charge on any atom is 0.289 e. The number of benzene rings is 1. The quantitative estimate of drug-likeness (QED) is 0.862. The first-order valence-electron chi connectivity index (χ1n) is 8.87. The van der Waals surface area contributed by atoms with Gasteiger partial charge in [-0.3, -0.25) is 9.69 Å². The fraction of sp³-hybridized carbons (Fsp3) is 0.450. The maximum absolute atomic E-state index is 12.8. The van der Waals surface area contributed by atoms with E-state index in [1.807, 2.05) is 30.9 Å². The van der Waals surface area contributed by atoms with Gasteiger partial charge >= 0.3 is 0 Å². The Kier molecular flexibility index (Phi) is 4.36. The van der Waals surface area contributed by atoms with Gasteiger partial charge in [-0.1, -0.05) is 30.3 Å². The molecule has 25 heavy (non-hydrogen) atoms. The molecule has 0 radical (unpaired) electrons. The standard InChI is InChI=1S/C20H24N2O3/c1-14-10-18(25-15(14)2)20(23)22-12-17-19(13-22)24-9-8-21(17)11-16-6-4-3-5-7-16/h3-7,10,17,19H,8-9,11-13H2,1-2H3/t17-,19-/m1/s1. The van der Waals surface area contributed by atoms with Crippen molar-refractivity contribution in [1.29, 1.82) is 0 Å². The van der Waals surface area contributed by atoms with Gasteiger partial charge in [0.2, 0.25) is 0 Å². The summed E-state index contributed by atoms with van der Waals surface area (Å²) < 4.78 is 11.6. The predicted molar refractivity (Wildman–Crippen MR) is 94.5 cm³/mol. The molecule has 2 saturated heterocycles. The van der Waals surface area contributed by atoms with E-state index in [2.05, 4.69) is 29.2 Å². The summed E-state index contributed by atoms with van der Waals surface area (Å²) in [5.41, 5.74) is 2.31. The van der Waals surface area contributed by atoms with Crippen LogP contribution in [0.4, 0.5) is 0 Å². The zero-order valence-corrected chi connectivity index (χ0v) is 14.8. The third-order valence-corrected chi connectivity index (χ3v) is 5.31. The molecule has 0 saturated carbocycles. The average Bonchev–Trinajstić information content (AvgIpc) is 3.20. The van der Waals surface area contributed by atoms with E-state index in [4.69, 9.17) is 9.15 Å². The van der Waals surface area contributed by atoms with Gasteiger partial charge in [0.15, 0.2) is 5.76 Å². The van der Waals surface area contributed by atoms with Gasteiger partial charge in [-0.25, -0.2) is 0 Å². The van der Waals surface area contributed by atoms with E-state index >= 15 is 0 Å². The van der Waals surface area contributed by atoms with Crippen LogP contribution in [0.1, 0.15) is 27.4 Å². The number of carbonyl (C=O) groups excluding carboxylic acids is 1. The van der Waals surface area contributed by atoms with Gasteiger partial charge in [-0.2, -0.15) is 0 Å². The number of nitrogens with zero attached hydrogens (tertiary/aromatic N) is 2. The molecular formula is C20H24N2O3. The third-order valence-electron chi connectivity index (χ3n) is 5.31. The van der Waals surface area contributed by atoms with Crippen molar-refractivity contribution < 1.29 is 13.9 Å². The highest BCUT2D eigenvalue weighted by Gasteiger charge is 2.42. The van der Waals surface area contributed by atoms with Crippen LogP contribution in [0.5, 0.6) is 0 Å². The Morgan fingerprint density at radius 2 is 2.00 bits per heavy atom. The van der Waals surface area contributed by atoms with Crippen LogP contribution in [0.15, 0.2) is 40.8 Å². The van der Waals surface area contributed by atoms with Crippen LogP contribution in [0, 0.1) is 13.8 Å². The van der Waals surface area contributed by atoms with Crippen molar-refractivity contribution in [3.63, 3.8) is 0 Å². The largest absolute Gasteiger partial charge is 0.456 e. The molecule has 2 aliphatic rings. The van der Waals surface area contributed by atoms with E-state index in [0.29, 0.717) is 18.8 Å². The highest BCUT2D eigenvalue weighted by molar-refractivity contribution is 5.92. The third kappa shape index (κ3) is 3.22. The van der Waals surface area contributed by atoms with Crippen LogP contribution in [0.25, 0.3) is 0 Å². The molecule has 2 aromatic rings. The molecule has 5 nitrogen and oxygen atoms in total. The van der Waals surface area contributed by atoms with Crippen LogP contribution in [-0.2, 0) is 11.3 Å². The number of furan rings is 1. The Bertz CT molecular complexity index is 736. The first-order valence-corrected chi connectivity index (χ1v) is 8.87. The minimum Gasteiger partial charge on any atom is -0.456 e. The van der Waals surface area contributed by atoms with E-state index in [0.717, 1.165) is 31.0 Å². The van der Waals surface area contributed by atoms with Gasteiger partial charge in [0.25, 0.3) is 5.91 Å². The minimum atomic E-state index is -0.0335. The summed E-state index contributed by atoms with van der Waals surface area (Å²) in [6.07, 6.45) is 0.0820. The number of ether oxygens (including phenoxy) is 1. The number of amides is 1. The Balaban J connectivity index is 1.47. The molecule has 132 valence electrons. The molecule has 0 aliphatic carbocycles. The molecule has 0 spiro atoms. The molecule has 1 aromatic heterocycles. The van der Waals surface area contributed by atoms with Gasteiger partial charge in [0.05, 0.1) is 18.8 Å². The van der Waals surface area contributed by atoms with E-state index in [9.17, 15) is 4.79 Å². The smallest absolute Gasteiger partial charge is 0.289 e. The second-order valence-electron chi connectivity index (χ2n) is 6.99. The second kappa shape index (κ2) is 6.65.